The lowest BCUT2D eigenvalue weighted by Gasteiger charge is -2.16. The minimum Gasteiger partial charge on any atom is -0.438 e. The van der Waals surface area contributed by atoms with Gasteiger partial charge in [-0.3, -0.25) is 4.79 Å². The van der Waals surface area contributed by atoms with Crippen molar-refractivity contribution in [2.45, 2.75) is 32.7 Å². The number of hydrogen-bond donors (Lipinski definition) is 2. The Morgan fingerprint density at radius 3 is 2.34 bits per heavy atom. The van der Waals surface area contributed by atoms with E-state index in [9.17, 15) is 13.2 Å². The number of carbonyl (C=O) groups is 1. The van der Waals surface area contributed by atoms with Crippen molar-refractivity contribution in [3.63, 3.8) is 0 Å². The van der Waals surface area contributed by atoms with Crippen molar-refractivity contribution in [2.24, 2.45) is 0 Å². The van der Waals surface area contributed by atoms with E-state index in [1.807, 2.05) is 44.5 Å². The average molecular weight is 493 g/mol. The molecule has 3 aromatic heterocycles. The first-order valence-corrected chi connectivity index (χ1v) is 12.1. The van der Waals surface area contributed by atoms with E-state index in [1.165, 1.54) is 28.9 Å². The zero-order valence-electron chi connectivity index (χ0n) is 19.6. The zero-order valence-corrected chi connectivity index (χ0v) is 20.4. The van der Waals surface area contributed by atoms with Gasteiger partial charge in [0.25, 0.3) is 15.9 Å². The molecule has 0 radical (unpaired) electrons. The quantitative estimate of drug-likeness (QED) is 0.417. The Kier molecular flexibility index (Phi) is 6.27. The molecule has 10 nitrogen and oxygen atoms in total. The number of carbonyl (C=O) groups excluding carboxylic acids is 1. The van der Waals surface area contributed by atoms with Crippen LogP contribution in [0.1, 0.15) is 32.6 Å². The molecular weight excluding hydrogens is 468 g/mol. The molecule has 0 aliphatic carbocycles. The number of anilines is 1. The topological polar surface area (TPSA) is 142 Å². The number of nitrogens with one attached hydrogen (secondary N) is 1. The fourth-order valence-corrected chi connectivity index (χ4v) is 4.52. The molecule has 35 heavy (non-hydrogen) atoms. The highest BCUT2D eigenvalue weighted by atomic mass is 32.2. The normalized spacial score (nSPS) is 11.3. The van der Waals surface area contributed by atoms with Gasteiger partial charge in [-0.25, -0.2) is 14.4 Å². The smallest absolute Gasteiger partial charge is 0.281 e. The van der Waals surface area contributed by atoms with Crippen molar-refractivity contribution in [1.82, 2.24) is 24.5 Å². The second-order valence-electron chi connectivity index (χ2n) is 8.15. The van der Waals surface area contributed by atoms with Gasteiger partial charge in [0.2, 0.25) is 5.88 Å². The molecule has 11 heteroatoms. The van der Waals surface area contributed by atoms with E-state index in [4.69, 9.17) is 10.5 Å². The van der Waals surface area contributed by atoms with Gasteiger partial charge < -0.3 is 10.5 Å². The van der Waals surface area contributed by atoms with Crippen molar-refractivity contribution < 1.29 is 17.9 Å². The van der Waals surface area contributed by atoms with Crippen LogP contribution in [0.15, 0.2) is 59.9 Å². The van der Waals surface area contributed by atoms with Crippen LogP contribution in [-0.4, -0.2) is 34.1 Å². The molecule has 180 valence electrons. The highest BCUT2D eigenvalue weighted by molar-refractivity contribution is 7.90. The highest BCUT2D eigenvalue weighted by Gasteiger charge is 2.25. The molecule has 0 aliphatic rings. The minimum absolute atomic E-state index is 0.00945. The first-order chi connectivity index (χ1) is 16.5. The van der Waals surface area contributed by atoms with E-state index in [1.54, 1.807) is 18.5 Å². The Morgan fingerprint density at radius 2 is 1.71 bits per heavy atom. The van der Waals surface area contributed by atoms with Crippen LogP contribution in [0.2, 0.25) is 0 Å². The van der Waals surface area contributed by atoms with Crippen molar-refractivity contribution in [1.29, 1.82) is 0 Å². The van der Waals surface area contributed by atoms with Crippen molar-refractivity contribution in [2.75, 3.05) is 5.73 Å². The fourth-order valence-electron chi connectivity index (χ4n) is 3.58. The number of hydrogen-bond acceptors (Lipinski definition) is 8. The Balaban J connectivity index is 1.76. The number of nitrogens with zero attached hydrogens (tertiary/aromatic N) is 4. The molecular formula is C24H24N6O4S. The van der Waals surface area contributed by atoms with Crippen molar-refractivity contribution in [3.8, 4) is 17.4 Å². The molecule has 3 heterocycles. The summed E-state index contributed by atoms with van der Waals surface area (Å²) in [6.45, 7) is 7.62. The Morgan fingerprint density at radius 1 is 1.00 bits per heavy atom. The molecule has 1 aromatic carbocycles. The maximum absolute atomic E-state index is 13.1. The summed E-state index contributed by atoms with van der Waals surface area (Å²) in [5, 5.41) is 3.87. The van der Waals surface area contributed by atoms with E-state index in [0.717, 1.165) is 22.3 Å². The Labute approximate surface area is 202 Å². The lowest BCUT2D eigenvalue weighted by Crippen LogP contribution is -2.31. The number of amides is 1. The summed E-state index contributed by atoms with van der Waals surface area (Å²) >= 11 is 0. The lowest BCUT2D eigenvalue weighted by atomic mass is 10.1. The third-order valence-corrected chi connectivity index (χ3v) is 6.32. The molecule has 0 unspecified atom stereocenters. The number of nitrogens with two attached hydrogens (primary N) is 1. The number of ether oxygens (including phenoxy) is 1. The standard InChI is InChI=1S/C24H24N6O4S/c1-14-10-16(3)22(17(4)11-14)34-24-18(8-9-20(28-24)30-13-15(2)12-26-30)23(31)29-35(32,33)21-7-5-6-19(25)27-21/h5-13H,1-4H3,(H2,25,27)(H,29,31). The fraction of sp³-hybridized carbons (Fsp3) is 0.167. The maximum Gasteiger partial charge on any atom is 0.281 e. The van der Waals surface area contributed by atoms with Crippen LogP contribution in [0.4, 0.5) is 5.82 Å². The van der Waals surface area contributed by atoms with E-state index in [-0.39, 0.29) is 22.3 Å². The van der Waals surface area contributed by atoms with Gasteiger partial charge in [0, 0.05) is 6.20 Å². The predicted molar refractivity (Wildman–Crippen MR) is 130 cm³/mol. The Bertz CT molecular complexity index is 1520. The van der Waals surface area contributed by atoms with Crippen LogP contribution in [0, 0.1) is 27.7 Å². The van der Waals surface area contributed by atoms with E-state index in [2.05, 4.69) is 15.1 Å². The Hall–Kier alpha value is -4.25. The monoisotopic (exact) mass is 492 g/mol. The highest BCUT2D eigenvalue weighted by Crippen LogP contribution is 2.31. The molecule has 1 amide bonds. The number of rotatable bonds is 6. The number of pyridine rings is 2. The summed E-state index contributed by atoms with van der Waals surface area (Å²) in [6.07, 6.45) is 3.44. The third kappa shape index (κ3) is 5.14. The molecule has 0 atom stereocenters. The number of sulfonamides is 1. The molecule has 3 N–H and O–H groups in total. The summed E-state index contributed by atoms with van der Waals surface area (Å²) < 4.78 is 35.2. The maximum atomic E-state index is 13.1. The van der Waals surface area contributed by atoms with Gasteiger partial charge in [0.1, 0.15) is 17.1 Å². The van der Waals surface area contributed by atoms with Crippen molar-refractivity contribution in [3.05, 3.63) is 82.7 Å². The van der Waals surface area contributed by atoms with Gasteiger partial charge >= 0.3 is 0 Å². The summed E-state index contributed by atoms with van der Waals surface area (Å²) in [5.41, 5.74) is 9.17. The van der Waals surface area contributed by atoms with Gasteiger partial charge in [-0.05, 0) is 68.7 Å². The third-order valence-electron chi connectivity index (χ3n) is 5.09. The molecule has 0 saturated carbocycles. The van der Waals surface area contributed by atoms with Gasteiger partial charge in [0.15, 0.2) is 10.8 Å². The number of aromatic nitrogens is 4. The summed E-state index contributed by atoms with van der Waals surface area (Å²) in [7, 11) is -4.29. The SMILES string of the molecule is Cc1cc(C)c(Oc2nc(-n3cc(C)cn3)ccc2C(=O)NS(=O)(=O)c2cccc(N)n2)c(C)c1. The van der Waals surface area contributed by atoms with Crippen LogP contribution < -0.4 is 15.2 Å². The van der Waals surface area contributed by atoms with Gasteiger partial charge in [0.05, 0.1) is 6.20 Å². The second-order valence-corrected chi connectivity index (χ2v) is 9.78. The first-order valence-electron chi connectivity index (χ1n) is 10.6. The first kappa shape index (κ1) is 23.9. The largest absolute Gasteiger partial charge is 0.438 e. The van der Waals surface area contributed by atoms with Crippen LogP contribution in [-0.2, 0) is 10.0 Å². The van der Waals surface area contributed by atoms with E-state index in [0.29, 0.717) is 11.6 Å². The molecule has 4 rings (SSSR count). The molecule has 0 spiro atoms. The molecule has 0 aliphatic heterocycles. The number of nitrogen functional groups attached to an aromatic ring is 1. The van der Waals surface area contributed by atoms with Gasteiger partial charge in [-0.2, -0.15) is 18.5 Å². The second kappa shape index (κ2) is 9.18. The van der Waals surface area contributed by atoms with Gasteiger partial charge in [-0.1, -0.05) is 23.8 Å². The van der Waals surface area contributed by atoms with Crippen LogP contribution in [0.25, 0.3) is 5.82 Å². The van der Waals surface area contributed by atoms with E-state index < -0.39 is 15.9 Å². The minimum atomic E-state index is -4.29. The van der Waals surface area contributed by atoms with E-state index >= 15 is 0 Å². The summed E-state index contributed by atoms with van der Waals surface area (Å²) in [5.74, 6) is -0.0739. The number of aryl methyl sites for hydroxylation is 4. The number of benzene rings is 1. The zero-order chi connectivity index (χ0) is 25.3. The predicted octanol–water partition coefficient (Wildman–Crippen LogP) is 3.39. The molecule has 0 saturated heterocycles. The van der Waals surface area contributed by atoms with Crippen LogP contribution in [0.5, 0.6) is 11.6 Å². The average Bonchev–Trinajstić information content (AvgIpc) is 3.22. The van der Waals surface area contributed by atoms with Crippen LogP contribution >= 0.6 is 0 Å². The molecule has 0 fully saturated rings. The summed E-state index contributed by atoms with van der Waals surface area (Å²) in [4.78, 5) is 21.4. The lowest BCUT2D eigenvalue weighted by molar-refractivity contribution is 0.0978. The summed E-state index contributed by atoms with van der Waals surface area (Å²) in [6, 6.07) is 11.0. The van der Waals surface area contributed by atoms with Crippen LogP contribution in [0.3, 0.4) is 0 Å². The van der Waals surface area contributed by atoms with Gasteiger partial charge in [-0.15, -0.1) is 0 Å². The molecule has 4 aromatic rings. The van der Waals surface area contributed by atoms with Crippen molar-refractivity contribution >= 4 is 21.7 Å². The molecule has 0 bridgehead atoms.